The second-order valence-corrected chi connectivity index (χ2v) is 6.78. The number of halogens is 1. The van der Waals surface area contributed by atoms with E-state index in [1.165, 1.54) is 0 Å². The molecule has 1 aromatic heterocycles. The molecule has 0 aliphatic heterocycles. The monoisotopic (exact) mass is 342 g/mol. The van der Waals surface area contributed by atoms with E-state index < -0.39 is 5.60 Å². The van der Waals surface area contributed by atoms with E-state index in [9.17, 15) is 4.79 Å². The summed E-state index contributed by atoms with van der Waals surface area (Å²) >= 11 is 3.32. The molecule has 1 fully saturated rings. The maximum Gasteiger partial charge on any atom is 0.407 e. The van der Waals surface area contributed by atoms with Crippen LogP contribution in [0, 0.1) is 0 Å². The van der Waals surface area contributed by atoms with Crippen LogP contribution < -0.4 is 10.1 Å². The number of ether oxygens (including phenoxy) is 2. The molecule has 0 unspecified atom stereocenters. The van der Waals surface area contributed by atoms with E-state index in [0.717, 1.165) is 17.3 Å². The van der Waals surface area contributed by atoms with Crippen molar-refractivity contribution in [2.45, 2.75) is 51.4 Å². The van der Waals surface area contributed by atoms with Crippen LogP contribution in [0.15, 0.2) is 22.8 Å². The lowest BCUT2D eigenvalue weighted by Gasteiger charge is -2.35. The maximum atomic E-state index is 11.6. The fourth-order valence-corrected chi connectivity index (χ4v) is 2.09. The molecule has 1 aromatic rings. The Morgan fingerprint density at radius 3 is 2.65 bits per heavy atom. The van der Waals surface area contributed by atoms with Gasteiger partial charge in [-0.3, -0.25) is 0 Å². The van der Waals surface area contributed by atoms with Crippen molar-refractivity contribution in [3.8, 4) is 5.88 Å². The Hall–Kier alpha value is -1.30. The zero-order valence-electron chi connectivity index (χ0n) is 11.9. The van der Waals surface area contributed by atoms with Gasteiger partial charge in [-0.1, -0.05) is 0 Å². The summed E-state index contributed by atoms with van der Waals surface area (Å²) in [6.07, 6.45) is 2.98. The minimum absolute atomic E-state index is 0.101. The molecule has 1 heterocycles. The molecule has 0 aromatic carbocycles. The summed E-state index contributed by atoms with van der Waals surface area (Å²) in [5, 5.41) is 2.83. The number of nitrogens with one attached hydrogen (secondary N) is 1. The number of nitrogens with zero attached hydrogens (tertiary/aromatic N) is 1. The highest BCUT2D eigenvalue weighted by Crippen LogP contribution is 2.25. The normalized spacial score (nSPS) is 21.8. The number of pyridine rings is 1. The van der Waals surface area contributed by atoms with Gasteiger partial charge in [0, 0.05) is 35.6 Å². The van der Waals surface area contributed by atoms with Gasteiger partial charge in [0.25, 0.3) is 0 Å². The predicted octanol–water partition coefficient (Wildman–Crippen LogP) is 3.28. The largest absolute Gasteiger partial charge is 0.474 e. The minimum atomic E-state index is -0.467. The van der Waals surface area contributed by atoms with Crippen molar-refractivity contribution >= 4 is 22.0 Å². The van der Waals surface area contributed by atoms with Gasteiger partial charge in [-0.15, -0.1) is 0 Å². The molecule has 0 radical (unpaired) electrons. The summed E-state index contributed by atoms with van der Waals surface area (Å²) in [7, 11) is 0. The molecule has 0 atom stereocenters. The first-order valence-electron chi connectivity index (χ1n) is 6.59. The van der Waals surface area contributed by atoms with E-state index in [1.807, 2.05) is 32.9 Å². The van der Waals surface area contributed by atoms with Crippen molar-refractivity contribution in [3.05, 3.63) is 22.8 Å². The van der Waals surface area contributed by atoms with E-state index in [-0.39, 0.29) is 18.2 Å². The summed E-state index contributed by atoms with van der Waals surface area (Å²) in [6, 6.07) is 3.82. The summed E-state index contributed by atoms with van der Waals surface area (Å²) in [5.41, 5.74) is -0.467. The van der Waals surface area contributed by atoms with Gasteiger partial charge >= 0.3 is 6.09 Å². The third kappa shape index (κ3) is 4.67. The third-order valence-electron chi connectivity index (χ3n) is 2.80. The highest BCUT2D eigenvalue weighted by Gasteiger charge is 2.33. The van der Waals surface area contributed by atoms with Crippen LogP contribution in [-0.4, -0.2) is 28.8 Å². The van der Waals surface area contributed by atoms with Crippen molar-refractivity contribution in [2.24, 2.45) is 0 Å². The molecule has 1 N–H and O–H groups in total. The van der Waals surface area contributed by atoms with Crippen LogP contribution in [0.4, 0.5) is 4.79 Å². The van der Waals surface area contributed by atoms with E-state index in [0.29, 0.717) is 5.88 Å². The highest BCUT2D eigenvalue weighted by molar-refractivity contribution is 9.10. The fourth-order valence-electron chi connectivity index (χ4n) is 1.86. The zero-order chi connectivity index (χ0) is 14.8. The number of aromatic nitrogens is 1. The van der Waals surface area contributed by atoms with Crippen LogP contribution in [-0.2, 0) is 4.74 Å². The molecule has 20 heavy (non-hydrogen) atoms. The number of rotatable bonds is 3. The van der Waals surface area contributed by atoms with Crippen LogP contribution in [0.25, 0.3) is 0 Å². The van der Waals surface area contributed by atoms with Crippen LogP contribution in [0.3, 0.4) is 0 Å². The SMILES string of the molecule is CC(C)(C)OC(=O)N[C@H]1C[C@@H](Oc2ccc(Br)cn2)C1. The van der Waals surface area contributed by atoms with Gasteiger partial charge in [-0.2, -0.15) is 0 Å². The zero-order valence-corrected chi connectivity index (χ0v) is 13.4. The van der Waals surface area contributed by atoms with E-state index in [4.69, 9.17) is 9.47 Å². The lowest BCUT2D eigenvalue weighted by Crippen LogP contribution is -2.50. The molecule has 0 spiro atoms. The van der Waals surface area contributed by atoms with E-state index >= 15 is 0 Å². The second-order valence-electron chi connectivity index (χ2n) is 5.87. The number of amides is 1. The predicted molar refractivity (Wildman–Crippen MR) is 78.7 cm³/mol. The van der Waals surface area contributed by atoms with Crippen molar-refractivity contribution in [1.29, 1.82) is 0 Å². The lowest BCUT2D eigenvalue weighted by molar-refractivity contribution is 0.0355. The smallest absolute Gasteiger partial charge is 0.407 e. The highest BCUT2D eigenvalue weighted by atomic mass is 79.9. The topological polar surface area (TPSA) is 60.5 Å². The molecule has 6 heteroatoms. The standard InChI is InChI=1S/C14H19BrN2O3/c1-14(2,3)20-13(18)17-10-6-11(7-10)19-12-5-4-9(15)8-16-12/h4-5,8,10-11H,6-7H2,1-3H3,(H,17,18)/t10-,11+. The Labute approximate surface area is 127 Å². The first-order valence-corrected chi connectivity index (χ1v) is 7.39. The molecule has 1 aliphatic carbocycles. The van der Waals surface area contributed by atoms with Crippen LogP contribution in [0.1, 0.15) is 33.6 Å². The molecule has 0 saturated heterocycles. The number of carbonyl (C=O) groups excluding carboxylic acids is 1. The van der Waals surface area contributed by atoms with Crippen LogP contribution in [0.5, 0.6) is 5.88 Å². The first kappa shape index (κ1) is 15.1. The number of hydrogen-bond donors (Lipinski definition) is 1. The molecule has 2 rings (SSSR count). The summed E-state index contributed by atoms with van der Waals surface area (Å²) in [6.45, 7) is 5.54. The fraction of sp³-hybridized carbons (Fsp3) is 0.571. The van der Waals surface area contributed by atoms with Crippen molar-refractivity contribution in [1.82, 2.24) is 10.3 Å². The molecular weight excluding hydrogens is 324 g/mol. The maximum absolute atomic E-state index is 11.6. The number of hydrogen-bond acceptors (Lipinski definition) is 4. The summed E-state index contributed by atoms with van der Waals surface area (Å²) < 4.78 is 11.8. The number of carbonyl (C=O) groups is 1. The van der Waals surface area contributed by atoms with E-state index in [1.54, 1.807) is 6.20 Å². The average molecular weight is 343 g/mol. The lowest BCUT2D eigenvalue weighted by atomic mass is 9.89. The summed E-state index contributed by atoms with van der Waals surface area (Å²) in [5.74, 6) is 0.605. The number of alkyl carbamates (subject to hydrolysis) is 1. The van der Waals surface area contributed by atoms with Crippen LogP contribution in [0.2, 0.25) is 0 Å². The second kappa shape index (κ2) is 5.99. The Kier molecular flexibility index (Phi) is 4.52. The Balaban J connectivity index is 1.70. The van der Waals surface area contributed by atoms with Gasteiger partial charge < -0.3 is 14.8 Å². The van der Waals surface area contributed by atoms with E-state index in [2.05, 4.69) is 26.2 Å². The summed E-state index contributed by atoms with van der Waals surface area (Å²) in [4.78, 5) is 15.7. The van der Waals surface area contributed by atoms with Gasteiger partial charge in [0.05, 0.1) is 0 Å². The van der Waals surface area contributed by atoms with Crippen molar-refractivity contribution < 1.29 is 14.3 Å². The van der Waals surface area contributed by atoms with Gasteiger partial charge in [-0.25, -0.2) is 9.78 Å². The van der Waals surface area contributed by atoms with Gasteiger partial charge in [0.15, 0.2) is 0 Å². The minimum Gasteiger partial charge on any atom is -0.474 e. The quantitative estimate of drug-likeness (QED) is 0.915. The average Bonchev–Trinajstić information content (AvgIpc) is 2.26. The van der Waals surface area contributed by atoms with Gasteiger partial charge in [0.2, 0.25) is 5.88 Å². The Morgan fingerprint density at radius 2 is 2.10 bits per heavy atom. The molecule has 1 amide bonds. The van der Waals surface area contributed by atoms with Crippen molar-refractivity contribution in [3.63, 3.8) is 0 Å². The molecule has 5 nitrogen and oxygen atoms in total. The Morgan fingerprint density at radius 1 is 1.40 bits per heavy atom. The molecule has 0 bridgehead atoms. The van der Waals surface area contributed by atoms with Crippen molar-refractivity contribution in [2.75, 3.05) is 0 Å². The molecule has 1 aliphatic rings. The Bertz CT molecular complexity index is 464. The molecular formula is C14H19BrN2O3. The van der Waals surface area contributed by atoms with Gasteiger partial charge in [0.1, 0.15) is 11.7 Å². The van der Waals surface area contributed by atoms with Gasteiger partial charge in [-0.05, 0) is 42.8 Å². The molecule has 110 valence electrons. The third-order valence-corrected chi connectivity index (χ3v) is 3.27. The van der Waals surface area contributed by atoms with Crippen LogP contribution >= 0.6 is 15.9 Å². The first-order chi connectivity index (χ1) is 9.32. The molecule has 1 saturated carbocycles.